The van der Waals surface area contributed by atoms with Crippen LogP contribution in [0.1, 0.15) is 6.92 Å². The fraction of sp³-hybridized carbons (Fsp3) is 0.375. The first-order valence-corrected chi connectivity index (χ1v) is 6.83. The molecule has 3 rings (SSSR count). The topological polar surface area (TPSA) is 32.7 Å². The van der Waals surface area contributed by atoms with Crippen LogP contribution < -0.4 is 4.74 Å². The molecular formula is C16H19NO2. The molecule has 1 saturated heterocycles. The van der Waals surface area contributed by atoms with Crippen molar-refractivity contribution in [2.75, 3.05) is 19.6 Å². The number of benzene rings is 2. The molecule has 1 fully saturated rings. The molecule has 19 heavy (non-hydrogen) atoms. The van der Waals surface area contributed by atoms with Gasteiger partial charge >= 0.3 is 0 Å². The number of rotatable bonds is 3. The normalized spacial score (nSPS) is 23.9. The summed E-state index contributed by atoms with van der Waals surface area (Å²) in [4.78, 5) is 2.21. The van der Waals surface area contributed by atoms with Crippen LogP contribution in [0.2, 0.25) is 0 Å². The van der Waals surface area contributed by atoms with Crippen LogP contribution in [0.25, 0.3) is 10.8 Å². The lowest BCUT2D eigenvalue weighted by atomic mass is 10.1. The average molecular weight is 257 g/mol. The highest BCUT2D eigenvalue weighted by Crippen LogP contribution is 2.27. The molecule has 0 saturated carbocycles. The molecule has 0 aliphatic carbocycles. The zero-order chi connectivity index (χ0) is 13.2. The van der Waals surface area contributed by atoms with Crippen molar-refractivity contribution in [3.8, 4) is 5.75 Å². The molecule has 3 heteroatoms. The molecule has 0 bridgehead atoms. The largest absolute Gasteiger partial charge is 0.486 e. The van der Waals surface area contributed by atoms with Crippen LogP contribution in [0, 0.1) is 0 Å². The lowest BCUT2D eigenvalue weighted by Crippen LogP contribution is -2.30. The molecule has 2 atom stereocenters. The highest BCUT2D eigenvalue weighted by molar-refractivity contribution is 5.88. The fourth-order valence-corrected chi connectivity index (χ4v) is 2.67. The summed E-state index contributed by atoms with van der Waals surface area (Å²) in [6.07, 6.45) is -0.537. The number of nitrogens with zero attached hydrogens (tertiary/aromatic N) is 1. The van der Waals surface area contributed by atoms with Gasteiger partial charge in [-0.25, -0.2) is 0 Å². The second-order valence-corrected chi connectivity index (χ2v) is 5.05. The summed E-state index contributed by atoms with van der Waals surface area (Å²) in [7, 11) is 0. The van der Waals surface area contributed by atoms with Crippen molar-refractivity contribution in [3.63, 3.8) is 0 Å². The highest BCUT2D eigenvalue weighted by Gasteiger charge is 2.32. The minimum atomic E-state index is -0.404. The maximum atomic E-state index is 10.1. The summed E-state index contributed by atoms with van der Waals surface area (Å²) in [5.74, 6) is 0.861. The van der Waals surface area contributed by atoms with Gasteiger partial charge in [0.15, 0.2) is 0 Å². The number of ether oxygens (including phenoxy) is 1. The van der Waals surface area contributed by atoms with Crippen LogP contribution in [-0.4, -0.2) is 41.8 Å². The van der Waals surface area contributed by atoms with Gasteiger partial charge in [-0.1, -0.05) is 43.3 Å². The molecule has 1 aliphatic heterocycles. The zero-order valence-electron chi connectivity index (χ0n) is 11.1. The predicted octanol–water partition coefficient (Wildman–Crippen LogP) is 2.28. The van der Waals surface area contributed by atoms with E-state index in [4.69, 9.17) is 4.74 Å². The molecule has 3 nitrogen and oxygen atoms in total. The van der Waals surface area contributed by atoms with Gasteiger partial charge < -0.3 is 9.84 Å². The van der Waals surface area contributed by atoms with Gasteiger partial charge in [0.05, 0.1) is 0 Å². The van der Waals surface area contributed by atoms with E-state index in [9.17, 15) is 5.11 Å². The van der Waals surface area contributed by atoms with E-state index in [1.807, 2.05) is 24.3 Å². The van der Waals surface area contributed by atoms with Gasteiger partial charge in [0.2, 0.25) is 0 Å². The zero-order valence-corrected chi connectivity index (χ0v) is 11.1. The lowest BCUT2D eigenvalue weighted by molar-refractivity contribution is 0.0747. The molecule has 100 valence electrons. The Morgan fingerprint density at radius 1 is 1.16 bits per heavy atom. The maximum Gasteiger partial charge on any atom is 0.138 e. The molecule has 0 radical (unpaired) electrons. The predicted molar refractivity (Wildman–Crippen MR) is 76.5 cm³/mol. The standard InChI is InChI=1S/C16H19NO2/c1-2-17-10-14(18)16(11-17)19-15-9-5-7-12-6-3-4-8-13(12)15/h3-9,14,16,18H,2,10-11H2,1H3/t14-,16-/m0/s1. The Bertz CT molecular complexity index is 564. The molecule has 1 aliphatic rings. The molecule has 0 aromatic heterocycles. The second kappa shape index (κ2) is 5.19. The van der Waals surface area contributed by atoms with Crippen LogP contribution in [0.4, 0.5) is 0 Å². The van der Waals surface area contributed by atoms with Gasteiger partial charge in [0, 0.05) is 18.5 Å². The third-order valence-corrected chi connectivity index (χ3v) is 3.79. The number of likely N-dealkylation sites (tertiary alicyclic amines) is 1. The average Bonchev–Trinajstić information content (AvgIpc) is 2.80. The van der Waals surface area contributed by atoms with E-state index in [0.717, 1.165) is 24.2 Å². The van der Waals surface area contributed by atoms with Crippen molar-refractivity contribution in [2.24, 2.45) is 0 Å². The first-order chi connectivity index (χ1) is 9.28. The Balaban J connectivity index is 1.86. The van der Waals surface area contributed by atoms with Gasteiger partial charge in [-0.2, -0.15) is 0 Å². The fourth-order valence-electron chi connectivity index (χ4n) is 2.67. The second-order valence-electron chi connectivity index (χ2n) is 5.05. The molecule has 2 aromatic rings. The molecule has 1 heterocycles. The summed E-state index contributed by atoms with van der Waals surface area (Å²) in [6.45, 7) is 4.55. The number of hydrogen-bond donors (Lipinski definition) is 1. The molecule has 1 N–H and O–H groups in total. The SMILES string of the molecule is CCN1C[C@H](Oc2cccc3ccccc23)[C@@H](O)C1. The maximum absolute atomic E-state index is 10.1. The van der Waals surface area contributed by atoms with Crippen molar-refractivity contribution in [1.82, 2.24) is 4.90 Å². The van der Waals surface area contributed by atoms with Crippen LogP contribution in [0.15, 0.2) is 42.5 Å². The smallest absolute Gasteiger partial charge is 0.138 e. The summed E-state index contributed by atoms with van der Waals surface area (Å²) in [5.41, 5.74) is 0. The van der Waals surface area contributed by atoms with Crippen molar-refractivity contribution in [3.05, 3.63) is 42.5 Å². The van der Waals surface area contributed by atoms with Crippen molar-refractivity contribution in [1.29, 1.82) is 0 Å². The Morgan fingerprint density at radius 2 is 1.95 bits per heavy atom. The molecule has 0 unspecified atom stereocenters. The van der Waals surface area contributed by atoms with Crippen LogP contribution in [0.3, 0.4) is 0 Å². The van der Waals surface area contributed by atoms with Crippen molar-refractivity contribution >= 4 is 10.8 Å². The number of fused-ring (bicyclic) bond motifs is 1. The Labute approximate surface area is 113 Å². The van der Waals surface area contributed by atoms with E-state index in [2.05, 4.69) is 30.0 Å². The van der Waals surface area contributed by atoms with Crippen LogP contribution in [0.5, 0.6) is 5.75 Å². The Morgan fingerprint density at radius 3 is 2.74 bits per heavy atom. The summed E-state index contributed by atoms with van der Waals surface area (Å²) >= 11 is 0. The molecular weight excluding hydrogens is 238 g/mol. The van der Waals surface area contributed by atoms with Gasteiger partial charge in [0.1, 0.15) is 18.0 Å². The van der Waals surface area contributed by atoms with Crippen molar-refractivity contribution < 1.29 is 9.84 Å². The summed E-state index contributed by atoms with van der Waals surface area (Å²) in [6, 6.07) is 14.2. The Hall–Kier alpha value is -1.58. The van der Waals surface area contributed by atoms with Gasteiger partial charge in [-0.05, 0) is 18.0 Å². The highest BCUT2D eigenvalue weighted by atomic mass is 16.5. The van der Waals surface area contributed by atoms with Crippen LogP contribution in [-0.2, 0) is 0 Å². The molecule has 0 spiro atoms. The minimum Gasteiger partial charge on any atom is -0.486 e. The number of β-amino-alcohol motifs (C(OH)–C–C–N with tert-alkyl or cyclic N) is 1. The van der Waals surface area contributed by atoms with Crippen molar-refractivity contribution in [2.45, 2.75) is 19.1 Å². The lowest BCUT2D eigenvalue weighted by Gasteiger charge is -2.18. The third kappa shape index (κ3) is 2.44. The van der Waals surface area contributed by atoms with E-state index in [1.165, 1.54) is 5.39 Å². The van der Waals surface area contributed by atoms with E-state index in [0.29, 0.717) is 6.54 Å². The first kappa shape index (κ1) is 12.5. The third-order valence-electron chi connectivity index (χ3n) is 3.79. The van der Waals surface area contributed by atoms with E-state index >= 15 is 0 Å². The Kier molecular flexibility index (Phi) is 3.40. The minimum absolute atomic E-state index is 0.134. The summed E-state index contributed by atoms with van der Waals surface area (Å²) < 4.78 is 6.04. The number of aliphatic hydroxyl groups excluding tert-OH is 1. The number of likely N-dealkylation sites (N-methyl/N-ethyl adjacent to an activating group) is 1. The van der Waals surface area contributed by atoms with E-state index < -0.39 is 6.10 Å². The van der Waals surface area contributed by atoms with E-state index in [1.54, 1.807) is 0 Å². The van der Waals surface area contributed by atoms with Crippen LogP contribution >= 0.6 is 0 Å². The van der Waals surface area contributed by atoms with Gasteiger partial charge in [0.25, 0.3) is 0 Å². The van der Waals surface area contributed by atoms with Gasteiger partial charge in [-0.15, -0.1) is 0 Å². The monoisotopic (exact) mass is 257 g/mol. The summed E-state index contributed by atoms with van der Waals surface area (Å²) in [5, 5.41) is 12.3. The van der Waals surface area contributed by atoms with Gasteiger partial charge in [-0.3, -0.25) is 4.90 Å². The quantitative estimate of drug-likeness (QED) is 0.915. The first-order valence-electron chi connectivity index (χ1n) is 6.83. The van der Waals surface area contributed by atoms with E-state index in [-0.39, 0.29) is 6.10 Å². The number of hydrogen-bond acceptors (Lipinski definition) is 3. The molecule has 2 aromatic carbocycles. The number of aliphatic hydroxyl groups is 1. The molecule has 0 amide bonds.